The number of nitrogens with one attached hydrogen (secondary N) is 1. The third-order valence-corrected chi connectivity index (χ3v) is 5.75. The number of nitrogens with zero attached hydrogens (tertiary/aromatic N) is 2. The Balaban J connectivity index is 0.00000300. The van der Waals surface area contributed by atoms with Crippen LogP contribution in [0.2, 0.25) is 0 Å². The number of benzene rings is 1. The molecule has 0 radical (unpaired) electrons. The molecular weight excluding hydrogens is 484 g/mol. The van der Waals surface area contributed by atoms with Gasteiger partial charge in [-0.1, -0.05) is 18.2 Å². The van der Waals surface area contributed by atoms with Gasteiger partial charge < -0.3 is 19.7 Å². The molecule has 0 bridgehead atoms. The van der Waals surface area contributed by atoms with Gasteiger partial charge in [-0.2, -0.15) is 0 Å². The number of ether oxygens (including phenoxy) is 2. The Hall–Kier alpha value is -0.930. The van der Waals surface area contributed by atoms with Crippen molar-refractivity contribution in [2.75, 3.05) is 46.5 Å². The van der Waals surface area contributed by atoms with E-state index < -0.39 is 0 Å². The number of likely N-dealkylation sites (tertiary alicyclic amines) is 1. The summed E-state index contributed by atoms with van der Waals surface area (Å²) in [5.41, 5.74) is 0.701. The molecule has 0 unspecified atom stereocenters. The van der Waals surface area contributed by atoms with Gasteiger partial charge in [0.05, 0.1) is 12.6 Å². The van der Waals surface area contributed by atoms with Crippen molar-refractivity contribution in [3.8, 4) is 0 Å². The number of piperidine rings is 1. The quantitative estimate of drug-likeness (QED) is 0.232. The van der Waals surface area contributed by atoms with Crippen molar-refractivity contribution >= 4 is 29.9 Å². The monoisotopic (exact) mass is 519 g/mol. The van der Waals surface area contributed by atoms with Crippen molar-refractivity contribution in [1.29, 1.82) is 0 Å². The molecule has 1 saturated carbocycles. The molecule has 1 N–H and O–H groups in total. The second-order valence-corrected chi connectivity index (χ2v) is 7.83. The summed E-state index contributed by atoms with van der Waals surface area (Å²) in [7, 11) is 1.72. The van der Waals surface area contributed by atoms with Gasteiger partial charge in [0.2, 0.25) is 0 Å². The molecule has 0 spiro atoms. The smallest absolute Gasteiger partial charge is 0.193 e. The van der Waals surface area contributed by atoms with E-state index in [1.807, 2.05) is 12.1 Å². The summed E-state index contributed by atoms with van der Waals surface area (Å²) in [6.07, 6.45) is 5.30. The van der Waals surface area contributed by atoms with Crippen LogP contribution in [-0.2, 0) is 14.9 Å². The molecule has 1 aromatic carbocycles. The van der Waals surface area contributed by atoms with Gasteiger partial charge in [-0.3, -0.25) is 4.99 Å². The minimum atomic E-state index is -0.116. The van der Waals surface area contributed by atoms with E-state index in [4.69, 9.17) is 14.5 Å². The number of methoxy groups -OCH3 is 1. The largest absolute Gasteiger partial charge is 0.385 e. The minimum absolute atomic E-state index is 0. The lowest BCUT2D eigenvalue weighted by molar-refractivity contribution is 0.00990. The normalized spacial score (nSPS) is 19.0. The first-order chi connectivity index (χ1) is 13.7. The molecular formula is C22H35FIN3O2. The predicted molar refractivity (Wildman–Crippen MR) is 126 cm³/mol. The second-order valence-electron chi connectivity index (χ2n) is 7.83. The zero-order chi connectivity index (χ0) is 19.8. The average Bonchev–Trinajstić information content (AvgIpc) is 3.50. The maximum atomic E-state index is 14.2. The van der Waals surface area contributed by atoms with Gasteiger partial charge in [-0.15, -0.1) is 24.0 Å². The lowest BCUT2D eigenvalue weighted by Crippen LogP contribution is -2.47. The number of hydrogen-bond acceptors (Lipinski definition) is 3. The fourth-order valence-electron chi connectivity index (χ4n) is 3.89. The molecule has 2 aliphatic rings. The van der Waals surface area contributed by atoms with Crippen molar-refractivity contribution in [2.45, 2.75) is 50.5 Å². The van der Waals surface area contributed by atoms with Gasteiger partial charge in [0, 0.05) is 45.4 Å². The molecule has 1 aromatic rings. The summed E-state index contributed by atoms with van der Waals surface area (Å²) in [4.78, 5) is 7.22. The van der Waals surface area contributed by atoms with E-state index in [2.05, 4.69) is 17.1 Å². The molecule has 29 heavy (non-hydrogen) atoms. The van der Waals surface area contributed by atoms with E-state index in [0.29, 0.717) is 12.6 Å². The lowest BCUT2D eigenvalue weighted by Gasteiger charge is -2.34. The predicted octanol–water partition coefficient (Wildman–Crippen LogP) is 3.96. The highest BCUT2D eigenvalue weighted by atomic mass is 127. The first-order valence-electron chi connectivity index (χ1n) is 10.6. The van der Waals surface area contributed by atoms with Gasteiger partial charge in [0.1, 0.15) is 5.82 Å². The molecule has 5 nitrogen and oxygen atoms in total. The van der Waals surface area contributed by atoms with Crippen molar-refractivity contribution in [1.82, 2.24) is 10.2 Å². The molecule has 0 amide bonds. The highest BCUT2D eigenvalue weighted by Gasteiger charge is 2.46. The minimum Gasteiger partial charge on any atom is -0.385 e. The van der Waals surface area contributed by atoms with Gasteiger partial charge >= 0.3 is 0 Å². The van der Waals surface area contributed by atoms with Crippen LogP contribution in [0.3, 0.4) is 0 Å². The first kappa shape index (κ1) is 24.3. The van der Waals surface area contributed by atoms with E-state index in [0.717, 1.165) is 76.5 Å². The SMILES string of the molecule is CCNC(=NCC1(c2ccccc2F)CC1)N1CCC(OCCCOC)CC1.I. The Kier molecular flexibility index (Phi) is 10.1. The fraction of sp³-hybridized carbons (Fsp3) is 0.682. The van der Waals surface area contributed by atoms with Gasteiger partial charge in [-0.05, 0) is 50.7 Å². The number of rotatable bonds is 9. The zero-order valence-electron chi connectivity index (χ0n) is 17.7. The molecule has 7 heteroatoms. The summed E-state index contributed by atoms with van der Waals surface area (Å²) in [6.45, 7) is 6.95. The Bertz CT molecular complexity index is 647. The molecule has 2 fully saturated rings. The Labute approximate surface area is 191 Å². The highest BCUT2D eigenvalue weighted by molar-refractivity contribution is 14.0. The average molecular weight is 519 g/mol. The summed E-state index contributed by atoms with van der Waals surface area (Å²) in [5, 5.41) is 3.42. The van der Waals surface area contributed by atoms with Gasteiger partial charge in [0.25, 0.3) is 0 Å². The van der Waals surface area contributed by atoms with Crippen LogP contribution >= 0.6 is 24.0 Å². The zero-order valence-corrected chi connectivity index (χ0v) is 20.0. The summed E-state index contributed by atoms with van der Waals surface area (Å²) < 4.78 is 25.3. The van der Waals surface area contributed by atoms with Crippen molar-refractivity contribution < 1.29 is 13.9 Å². The van der Waals surface area contributed by atoms with Gasteiger partial charge in [-0.25, -0.2) is 4.39 Å². The summed E-state index contributed by atoms with van der Waals surface area (Å²) in [5.74, 6) is 0.842. The van der Waals surface area contributed by atoms with Crippen LogP contribution in [0, 0.1) is 5.82 Å². The lowest BCUT2D eigenvalue weighted by atomic mass is 9.95. The van der Waals surface area contributed by atoms with Crippen LogP contribution in [0.5, 0.6) is 0 Å². The Morgan fingerprint density at radius 1 is 1.24 bits per heavy atom. The van der Waals surface area contributed by atoms with E-state index >= 15 is 0 Å². The van der Waals surface area contributed by atoms with E-state index in [9.17, 15) is 4.39 Å². The summed E-state index contributed by atoms with van der Waals surface area (Å²) >= 11 is 0. The van der Waals surface area contributed by atoms with E-state index in [1.165, 1.54) is 0 Å². The second kappa shape index (κ2) is 12.1. The molecule has 1 aliphatic heterocycles. The van der Waals surface area contributed by atoms with Crippen molar-refractivity contribution in [2.24, 2.45) is 4.99 Å². The molecule has 0 atom stereocenters. The summed E-state index contributed by atoms with van der Waals surface area (Å²) in [6, 6.07) is 7.15. The maximum Gasteiger partial charge on any atom is 0.193 e. The Morgan fingerprint density at radius 3 is 2.59 bits per heavy atom. The standard InChI is InChI=1S/C22H34FN3O2.HI/c1-3-24-21(26-13-9-18(10-14-26)28-16-6-15-27-2)25-17-22(11-12-22)19-7-4-5-8-20(19)23;/h4-5,7-8,18H,3,6,9-17H2,1-2H3,(H,24,25);1H. The van der Waals surface area contributed by atoms with Crippen LogP contribution in [0.15, 0.2) is 29.3 Å². The molecule has 1 heterocycles. The van der Waals surface area contributed by atoms with Crippen LogP contribution in [0.25, 0.3) is 0 Å². The number of guanidine groups is 1. The van der Waals surface area contributed by atoms with Crippen LogP contribution in [0.1, 0.15) is 44.6 Å². The Morgan fingerprint density at radius 2 is 1.97 bits per heavy atom. The highest BCUT2D eigenvalue weighted by Crippen LogP contribution is 2.49. The number of aliphatic imine (C=N–C) groups is 1. The molecule has 164 valence electrons. The third-order valence-electron chi connectivity index (χ3n) is 5.75. The molecule has 0 aromatic heterocycles. The molecule has 1 saturated heterocycles. The van der Waals surface area contributed by atoms with E-state index in [1.54, 1.807) is 19.2 Å². The first-order valence-corrected chi connectivity index (χ1v) is 10.6. The van der Waals surface area contributed by atoms with Crippen LogP contribution in [-0.4, -0.2) is 63.5 Å². The maximum absolute atomic E-state index is 14.2. The van der Waals surface area contributed by atoms with Crippen LogP contribution in [0.4, 0.5) is 4.39 Å². The molecule has 3 rings (SSSR count). The van der Waals surface area contributed by atoms with Crippen molar-refractivity contribution in [3.63, 3.8) is 0 Å². The topological polar surface area (TPSA) is 46.1 Å². The van der Waals surface area contributed by atoms with Crippen LogP contribution < -0.4 is 5.32 Å². The third kappa shape index (κ3) is 6.79. The van der Waals surface area contributed by atoms with E-state index in [-0.39, 0.29) is 35.2 Å². The number of hydrogen-bond donors (Lipinski definition) is 1. The van der Waals surface area contributed by atoms with Gasteiger partial charge in [0.15, 0.2) is 5.96 Å². The number of halogens is 2. The fourth-order valence-corrected chi connectivity index (χ4v) is 3.89. The van der Waals surface area contributed by atoms with Crippen molar-refractivity contribution in [3.05, 3.63) is 35.6 Å². The molecule has 1 aliphatic carbocycles.